The number of hydrogen-bond acceptors (Lipinski definition) is 4. The number of piperidine rings is 1. The minimum Gasteiger partial charge on any atom is -0.465 e. The molecule has 116 valence electrons. The SMILES string of the molecule is C/N=c1\sc(C2CCN(C(=O)O)CC2)c(CC(N)=O)n1C. The summed E-state index contributed by atoms with van der Waals surface area (Å²) in [4.78, 5) is 29.9. The molecule has 2 heterocycles. The van der Waals surface area contributed by atoms with Crippen molar-refractivity contribution >= 4 is 23.3 Å². The van der Waals surface area contributed by atoms with Crippen LogP contribution in [0.1, 0.15) is 29.3 Å². The van der Waals surface area contributed by atoms with Crippen molar-refractivity contribution in [2.75, 3.05) is 20.1 Å². The Labute approximate surface area is 126 Å². The molecule has 0 aromatic carbocycles. The predicted octanol–water partition coefficient (Wildman–Crippen LogP) is 0.502. The Bertz CT molecular complexity index is 611. The van der Waals surface area contributed by atoms with Crippen molar-refractivity contribution in [2.24, 2.45) is 17.8 Å². The first-order valence-electron chi connectivity index (χ1n) is 6.81. The summed E-state index contributed by atoms with van der Waals surface area (Å²) in [5.74, 6) is -0.100. The number of thiazole rings is 1. The van der Waals surface area contributed by atoms with E-state index >= 15 is 0 Å². The van der Waals surface area contributed by atoms with Crippen molar-refractivity contribution in [3.8, 4) is 0 Å². The molecule has 7 nitrogen and oxygen atoms in total. The van der Waals surface area contributed by atoms with Crippen LogP contribution in [0, 0.1) is 0 Å². The van der Waals surface area contributed by atoms with Gasteiger partial charge in [-0.05, 0) is 18.8 Å². The Morgan fingerprint density at radius 1 is 1.43 bits per heavy atom. The van der Waals surface area contributed by atoms with Crippen LogP contribution < -0.4 is 10.5 Å². The van der Waals surface area contributed by atoms with Gasteiger partial charge < -0.3 is 20.3 Å². The number of nitrogens with two attached hydrogens (primary N) is 1. The van der Waals surface area contributed by atoms with Crippen molar-refractivity contribution < 1.29 is 14.7 Å². The molecule has 1 aromatic heterocycles. The molecule has 1 aliphatic heterocycles. The van der Waals surface area contributed by atoms with Crippen LogP contribution in [-0.2, 0) is 18.3 Å². The van der Waals surface area contributed by atoms with E-state index in [4.69, 9.17) is 10.8 Å². The van der Waals surface area contributed by atoms with E-state index in [9.17, 15) is 9.59 Å². The molecule has 1 fully saturated rings. The lowest BCUT2D eigenvalue weighted by Crippen LogP contribution is -2.36. The average molecular weight is 312 g/mol. The smallest absolute Gasteiger partial charge is 0.407 e. The van der Waals surface area contributed by atoms with Crippen molar-refractivity contribution in [1.82, 2.24) is 9.47 Å². The molecule has 0 atom stereocenters. The molecule has 0 unspecified atom stereocenters. The third-order valence-corrected chi connectivity index (χ3v) is 5.27. The largest absolute Gasteiger partial charge is 0.465 e. The second-order valence-corrected chi connectivity index (χ2v) is 6.17. The molecule has 0 radical (unpaired) electrons. The number of carbonyl (C=O) groups excluding carboxylic acids is 1. The van der Waals surface area contributed by atoms with E-state index in [1.807, 2.05) is 11.6 Å². The summed E-state index contributed by atoms with van der Waals surface area (Å²) in [6.07, 6.45) is 0.854. The van der Waals surface area contributed by atoms with Gasteiger partial charge in [0.2, 0.25) is 5.91 Å². The van der Waals surface area contributed by atoms with E-state index in [0.29, 0.717) is 13.1 Å². The van der Waals surface area contributed by atoms with E-state index in [-0.39, 0.29) is 18.2 Å². The number of amides is 2. The van der Waals surface area contributed by atoms with Crippen molar-refractivity contribution in [3.05, 3.63) is 15.4 Å². The number of rotatable bonds is 3. The van der Waals surface area contributed by atoms with Gasteiger partial charge in [-0.2, -0.15) is 0 Å². The van der Waals surface area contributed by atoms with Gasteiger partial charge in [-0.1, -0.05) is 0 Å². The highest BCUT2D eigenvalue weighted by Crippen LogP contribution is 2.32. The van der Waals surface area contributed by atoms with Crippen LogP contribution in [0.3, 0.4) is 0 Å². The highest BCUT2D eigenvalue weighted by Gasteiger charge is 2.27. The summed E-state index contributed by atoms with van der Waals surface area (Å²) in [5, 5.41) is 9.00. The molecule has 0 spiro atoms. The maximum absolute atomic E-state index is 11.3. The normalized spacial score (nSPS) is 17.2. The zero-order chi connectivity index (χ0) is 15.6. The second-order valence-electron chi connectivity index (χ2n) is 5.17. The quantitative estimate of drug-likeness (QED) is 0.850. The third kappa shape index (κ3) is 3.26. The topological polar surface area (TPSA) is 101 Å². The molecule has 0 bridgehead atoms. The summed E-state index contributed by atoms with van der Waals surface area (Å²) in [6, 6.07) is 0. The summed E-state index contributed by atoms with van der Waals surface area (Å²) >= 11 is 1.57. The molecular formula is C13H20N4O3S. The second kappa shape index (κ2) is 6.30. The summed E-state index contributed by atoms with van der Waals surface area (Å²) in [5.41, 5.74) is 6.24. The molecule has 0 saturated carbocycles. The average Bonchev–Trinajstić information content (AvgIpc) is 2.75. The van der Waals surface area contributed by atoms with Crippen molar-refractivity contribution in [3.63, 3.8) is 0 Å². The first kappa shape index (κ1) is 15.6. The molecule has 8 heteroatoms. The lowest BCUT2D eigenvalue weighted by atomic mass is 9.93. The Balaban J connectivity index is 2.28. The highest BCUT2D eigenvalue weighted by molar-refractivity contribution is 7.09. The van der Waals surface area contributed by atoms with Gasteiger partial charge in [0.15, 0.2) is 4.80 Å². The minimum absolute atomic E-state index is 0.191. The molecule has 1 aliphatic rings. The fourth-order valence-corrected chi connectivity index (χ4v) is 3.99. The van der Waals surface area contributed by atoms with Gasteiger partial charge in [0.1, 0.15) is 0 Å². The Morgan fingerprint density at radius 2 is 2.05 bits per heavy atom. The number of hydrogen-bond donors (Lipinski definition) is 2. The first-order chi connectivity index (χ1) is 9.93. The molecule has 21 heavy (non-hydrogen) atoms. The van der Waals surface area contributed by atoms with E-state index in [2.05, 4.69) is 4.99 Å². The van der Waals surface area contributed by atoms with Crippen molar-refractivity contribution in [2.45, 2.75) is 25.2 Å². The minimum atomic E-state index is -0.869. The van der Waals surface area contributed by atoms with E-state index in [0.717, 1.165) is 28.2 Å². The maximum atomic E-state index is 11.3. The van der Waals surface area contributed by atoms with Crippen LogP contribution in [0.4, 0.5) is 4.79 Å². The third-order valence-electron chi connectivity index (χ3n) is 3.85. The Kier molecular flexibility index (Phi) is 4.66. The zero-order valence-corrected chi connectivity index (χ0v) is 13.0. The van der Waals surface area contributed by atoms with Gasteiger partial charge in [0, 0.05) is 37.8 Å². The van der Waals surface area contributed by atoms with E-state index in [1.54, 1.807) is 18.4 Å². The lowest BCUT2D eigenvalue weighted by molar-refractivity contribution is -0.117. The molecule has 1 aromatic rings. The van der Waals surface area contributed by atoms with Crippen LogP contribution in [0.15, 0.2) is 4.99 Å². The molecule has 0 aliphatic carbocycles. The molecule has 3 N–H and O–H groups in total. The number of carboxylic acid groups (broad SMARTS) is 1. The Hall–Kier alpha value is -1.83. The van der Waals surface area contributed by atoms with Gasteiger partial charge >= 0.3 is 6.09 Å². The van der Waals surface area contributed by atoms with Crippen LogP contribution in [0.5, 0.6) is 0 Å². The zero-order valence-electron chi connectivity index (χ0n) is 12.2. The van der Waals surface area contributed by atoms with Gasteiger partial charge in [-0.25, -0.2) is 4.79 Å². The summed E-state index contributed by atoms with van der Waals surface area (Å²) in [7, 11) is 3.60. The first-order valence-corrected chi connectivity index (χ1v) is 7.63. The number of likely N-dealkylation sites (tertiary alicyclic amines) is 1. The van der Waals surface area contributed by atoms with Gasteiger partial charge in [-0.3, -0.25) is 9.79 Å². The molecular weight excluding hydrogens is 292 g/mol. The van der Waals surface area contributed by atoms with Gasteiger partial charge in [0.05, 0.1) is 6.42 Å². The summed E-state index contributed by atoms with van der Waals surface area (Å²) in [6.45, 7) is 1.05. The highest BCUT2D eigenvalue weighted by atomic mass is 32.1. The van der Waals surface area contributed by atoms with E-state index in [1.165, 1.54) is 4.90 Å². The van der Waals surface area contributed by atoms with Gasteiger partial charge in [-0.15, -0.1) is 11.3 Å². The fraction of sp³-hybridized carbons (Fsp3) is 0.615. The maximum Gasteiger partial charge on any atom is 0.407 e. The summed E-state index contributed by atoms with van der Waals surface area (Å²) < 4.78 is 1.91. The van der Waals surface area contributed by atoms with Crippen LogP contribution in [0.2, 0.25) is 0 Å². The van der Waals surface area contributed by atoms with E-state index < -0.39 is 6.09 Å². The van der Waals surface area contributed by atoms with Crippen LogP contribution in [0.25, 0.3) is 0 Å². The fourth-order valence-electron chi connectivity index (χ4n) is 2.72. The molecule has 2 amide bonds. The standard InChI is InChI=1S/C13H20N4O3S/c1-15-12-16(2)9(7-10(14)18)11(21-12)8-3-5-17(6-4-8)13(19)20/h8H,3-7H2,1-2H3,(H2,14,18)(H,19,20)/b15-12-. The van der Waals surface area contributed by atoms with Crippen LogP contribution >= 0.6 is 11.3 Å². The molecule has 1 saturated heterocycles. The van der Waals surface area contributed by atoms with Crippen molar-refractivity contribution in [1.29, 1.82) is 0 Å². The monoisotopic (exact) mass is 312 g/mol. The lowest BCUT2D eigenvalue weighted by Gasteiger charge is -2.29. The number of carbonyl (C=O) groups is 2. The number of primary amides is 1. The Morgan fingerprint density at radius 3 is 2.52 bits per heavy atom. The molecule has 2 rings (SSSR count). The number of nitrogens with zero attached hydrogens (tertiary/aromatic N) is 3. The van der Waals surface area contributed by atoms with Gasteiger partial charge in [0.25, 0.3) is 0 Å². The number of aromatic nitrogens is 1. The predicted molar refractivity (Wildman–Crippen MR) is 79.2 cm³/mol. The van der Waals surface area contributed by atoms with Crippen LogP contribution in [-0.4, -0.2) is 46.7 Å².